The van der Waals surface area contributed by atoms with E-state index in [9.17, 15) is 0 Å². The molecule has 3 heteroatoms. The van der Waals surface area contributed by atoms with E-state index in [1.165, 1.54) is 44.6 Å². The highest BCUT2D eigenvalue weighted by molar-refractivity contribution is 5.09. The van der Waals surface area contributed by atoms with Crippen LogP contribution in [0.4, 0.5) is 0 Å². The Labute approximate surface area is 123 Å². The minimum atomic E-state index is 0.723. The van der Waals surface area contributed by atoms with Crippen LogP contribution in [-0.4, -0.2) is 53.0 Å². The number of rotatable bonds is 4. The van der Waals surface area contributed by atoms with Crippen LogP contribution in [0, 0.1) is 5.92 Å². The first-order valence-electron chi connectivity index (χ1n) is 8.11. The van der Waals surface area contributed by atoms with Gasteiger partial charge >= 0.3 is 0 Å². The molecule has 3 nitrogen and oxygen atoms in total. The molecule has 2 saturated heterocycles. The molecule has 20 heavy (non-hydrogen) atoms. The van der Waals surface area contributed by atoms with Crippen molar-refractivity contribution in [1.82, 2.24) is 14.8 Å². The fraction of sp³-hybridized carbons (Fsp3) is 0.706. The molecule has 0 aliphatic carbocycles. The number of hydrogen-bond donors (Lipinski definition) is 0. The number of hydrogen-bond acceptors (Lipinski definition) is 3. The summed E-state index contributed by atoms with van der Waals surface area (Å²) in [5.74, 6) is 0.741. The Bertz CT molecular complexity index is 418. The molecule has 0 saturated carbocycles. The fourth-order valence-electron chi connectivity index (χ4n) is 3.81. The van der Waals surface area contributed by atoms with Crippen LogP contribution in [0.1, 0.15) is 32.3 Å². The highest BCUT2D eigenvalue weighted by Gasteiger charge is 2.36. The summed E-state index contributed by atoms with van der Waals surface area (Å²) in [4.78, 5) is 9.70. The van der Waals surface area contributed by atoms with Gasteiger partial charge in [0.05, 0.1) is 0 Å². The number of fused-ring (bicyclic) bond motifs is 1. The summed E-state index contributed by atoms with van der Waals surface area (Å²) in [5, 5.41) is 0. The number of nitrogens with zero attached hydrogens (tertiary/aromatic N) is 3. The van der Waals surface area contributed by atoms with Gasteiger partial charge < -0.3 is 0 Å². The lowest BCUT2D eigenvalue weighted by Crippen LogP contribution is -2.58. The molecule has 1 aromatic rings. The molecule has 0 spiro atoms. The van der Waals surface area contributed by atoms with Crippen molar-refractivity contribution in [3.05, 3.63) is 30.1 Å². The van der Waals surface area contributed by atoms with Gasteiger partial charge in [-0.2, -0.15) is 0 Å². The zero-order chi connectivity index (χ0) is 13.9. The van der Waals surface area contributed by atoms with Crippen LogP contribution in [0.3, 0.4) is 0 Å². The normalized spacial score (nSPS) is 27.9. The van der Waals surface area contributed by atoms with Gasteiger partial charge in [-0.3, -0.25) is 14.8 Å². The van der Waals surface area contributed by atoms with Crippen molar-refractivity contribution in [2.75, 3.05) is 26.2 Å². The van der Waals surface area contributed by atoms with Crippen molar-refractivity contribution in [2.45, 2.75) is 45.2 Å². The van der Waals surface area contributed by atoms with E-state index in [1.54, 1.807) is 0 Å². The third kappa shape index (κ3) is 3.04. The predicted octanol–water partition coefficient (Wildman–Crippen LogP) is 2.43. The van der Waals surface area contributed by atoms with E-state index in [4.69, 9.17) is 0 Å². The quantitative estimate of drug-likeness (QED) is 0.840. The average Bonchev–Trinajstić information content (AvgIpc) is 2.92. The molecule has 0 N–H and O–H groups in total. The Morgan fingerprint density at radius 2 is 2.25 bits per heavy atom. The molecule has 0 bridgehead atoms. The monoisotopic (exact) mass is 273 g/mol. The Morgan fingerprint density at radius 1 is 1.35 bits per heavy atom. The van der Waals surface area contributed by atoms with E-state index in [0.29, 0.717) is 0 Å². The summed E-state index contributed by atoms with van der Waals surface area (Å²) in [6.07, 6.45) is 7.79. The second-order valence-electron chi connectivity index (χ2n) is 6.71. The standard InChI is InChI=1S/C17H27N3/c1-14(2)17-13-19-9-4-6-16(19)12-20(17)10-7-15-5-3-8-18-11-15/h3,5,8,11,14,16-17H,4,6-7,9-10,12-13H2,1-2H3. The Morgan fingerprint density at radius 3 is 3.00 bits per heavy atom. The topological polar surface area (TPSA) is 19.4 Å². The largest absolute Gasteiger partial charge is 0.298 e. The van der Waals surface area contributed by atoms with Gasteiger partial charge in [0.15, 0.2) is 0 Å². The Kier molecular flexibility index (Phi) is 4.37. The van der Waals surface area contributed by atoms with Crippen molar-refractivity contribution in [2.24, 2.45) is 5.92 Å². The number of pyridine rings is 1. The lowest BCUT2D eigenvalue weighted by molar-refractivity contribution is 0.0302. The minimum absolute atomic E-state index is 0.723. The summed E-state index contributed by atoms with van der Waals surface area (Å²) in [6, 6.07) is 5.79. The smallest absolute Gasteiger partial charge is 0.0300 e. The van der Waals surface area contributed by atoms with Gasteiger partial charge in [-0.25, -0.2) is 0 Å². The van der Waals surface area contributed by atoms with Crippen LogP contribution in [0.25, 0.3) is 0 Å². The highest BCUT2D eigenvalue weighted by atomic mass is 15.3. The maximum atomic E-state index is 4.23. The summed E-state index contributed by atoms with van der Waals surface area (Å²) >= 11 is 0. The fourth-order valence-corrected chi connectivity index (χ4v) is 3.81. The minimum Gasteiger partial charge on any atom is -0.298 e. The van der Waals surface area contributed by atoms with Crippen LogP contribution >= 0.6 is 0 Å². The second-order valence-corrected chi connectivity index (χ2v) is 6.71. The molecule has 0 amide bonds. The molecule has 2 unspecified atom stereocenters. The van der Waals surface area contributed by atoms with Crippen molar-refractivity contribution < 1.29 is 0 Å². The molecule has 3 heterocycles. The van der Waals surface area contributed by atoms with Crippen LogP contribution in [-0.2, 0) is 6.42 Å². The maximum Gasteiger partial charge on any atom is 0.0300 e. The van der Waals surface area contributed by atoms with Gasteiger partial charge in [-0.15, -0.1) is 0 Å². The van der Waals surface area contributed by atoms with E-state index in [2.05, 4.69) is 34.7 Å². The first-order chi connectivity index (χ1) is 9.74. The Balaban J connectivity index is 1.63. The van der Waals surface area contributed by atoms with Crippen LogP contribution < -0.4 is 0 Å². The molecule has 2 fully saturated rings. The molecule has 110 valence electrons. The lowest BCUT2D eigenvalue weighted by atomic mass is 9.97. The van der Waals surface area contributed by atoms with Crippen LogP contribution in [0.5, 0.6) is 0 Å². The number of piperazine rings is 1. The molecular weight excluding hydrogens is 246 g/mol. The lowest BCUT2D eigenvalue weighted by Gasteiger charge is -2.45. The summed E-state index contributed by atoms with van der Waals surface area (Å²) in [7, 11) is 0. The summed E-state index contributed by atoms with van der Waals surface area (Å²) in [6.45, 7) is 9.79. The van der Waals surface area contributed by atoms with Gasteiger partial charge in [-0.1, -0.05) is 19.9 Å². The maximum absolute atomic E-state index is 4.23. The first kappa shape index (κ1) is 14.0. The molecular formula is C17H27N3. The Hall–Kier alpha value is -0.930. The predicted molar refractivity (Wildman–Crippen MR) is 82.7 cm³/mol. The van der Waals surface area contributed by atoms with E-state index in [-0.39, 0.29) is 0 Å². The van der Waals surface area contributed by atoms with Gasteiger partial charge in [0.25, 0.3) is 0 Å². The van der Waals surface area contributed by atoms with Crippen LogP contribution in [0.15, 0.2) is 24.5 Å². The highest BCUT2D eigenvalue weighted by Crippen LogP contribution is 2.27. The van der Waals surface area contributed by atoms with Crippen molar-refractivity contribution in [1.29, 1.82) is 0 Å². The summed E-state index contributed by atoms with van der Waals surface area (Å²) in [5.41, 5.74) is 1.36. The molecule has 2 aliphatic heterocycles. The third-order valence-electron chi connectivity index (χ3n) is 5.01. The van der Waals surface area contributed by atoms with Gasteiger partial charge in [-0.05, 0) is 43.4 Å². The van der Waals surface area contributed by atoms with E-state index in [0.717, 1.165) is 24.4 Å². The van der Waals surface area contributed by atoms with Crippen molar-refractivity contribution in [3.8, 4) is 0 Å². The number of aromatic nitrogens is 1. The van der Waals surface area contributed by atoms with Crippen LogP contribution in [0.2, 0.25) is 0 Å². The third-order valence-corrected chi connectivity index (χ3v) is 5.01. The molecule has 2 atom stereocenters. The van der Waals surface area contributed by atoms with E-state index in [1.807, 2.05) is 18.5 Å². The van der Waals surface area contributed by atoms with E-state index < -0.39 is 0 Å². The molecule has 0 radical (unpaired) electrons. The van der Waals surface area contributed by atoms with E-state index >= 15 is 0 Å². The summed E-state index contributed by atoms with van der Waals surface area (Å²) < 4.78 is 0. The second kappa shape index (κ2) is 6.23. The zero-order valence-corrected chi connectivity index (χ0v) is 12.8. The molecule has 1 aromatic heterocycles. The van der Waals surface area contributed by atoms with Crippen molar-refractivity contribution >= 4 is 0 Å². The van der Waals surface area contributed by atoms with Gasteiger partial charge in [0, 0.05) is 44.1 Å². The SMILES string of the molecule is CC(C)C1CN2CCCC2CN1CCc1cccnc1. The van der Waals surface area contributed by atoms with Gasteiger partial charge in [0.2, 0.25) is 0 Å². The molecule has 2 aliphatic rings. The zero-order valence-electron chi connectivity index (χ0n) is 12.8. The first-order valence-corrected chi connectivity index (χ1v) is 8.11. The molecule has 0 aromatic carbocycles. The average molecular weight is 273 g/mol. The van der Waals surface area contributed by atoms with Crippen molar-refractivity contribution in [3.63, 3.8) is 0 Å². The molecule has 3 rings (SSSR count). The van der Waals surface area contributed by atoms with Gasteiger partial charge in [0.1, 0.15) is 0 Å².